The van der Waals surface area contributed by atoms with E-state index in [2.05, 4.69) is 21.2 Å². The standard InChI is InChI=1S/C26H18ClN3O2/c27-21-10-5-18(6-11-21)15-24(26-28-17-29-32-26)19-8-13-23(14-9-19)31-16-22-12-7-20-3-1-2-4-25(20)30-22/h1-15,17H,16H2/b24-15-. The number of hydrogen-bond donors (Lipinski definition) is 0. The van der Waals surface area contributed by atoms with Gasteiger partial charge in [-0.05, 0) is 53.6 Å². The van der Waals surface area contributed by atoms with Crippen LogP contribution in [-0.4, -0.2) is 15.1 Å². The van der Waals surface area contributed by atoms with E-state index in [-0.39, 0.29) is 0 Å². The van der Waals surface area contributed by atoms with E-state index in [1.807, 2.05) is 84.9 Å². The van der Waals surface area contributed by atoms with Crippen LogP contribution in [-0.2, 0) is 6.61 Å². The molecule has 0 aliphatic carbocycles. The topological polar surface area (TPSA) is 61.0 Å². The number of fused-ring (bicyclic) bond motifs is 1. The molecule has 0 N–H and O–H groups in total. The second kappa shape index (κ2) is 9.04. The third-order valence-electron chi connectivity index (χ3n) is 4.98. The molecule has 156 valence electrons. The first-order chi connectivity index (χ1) is 15.7. The van der Waals surface area contributed by atoms with E-state index in [9.17, 15) is 0 Å². The molecule has 2 aromatic heterocycles. The average molecular weight is 440 g/mol. The smallest absolute Gasteiger partial charge is 0.258 e. The van der Waals surface area contributed by atoms with Gasteiger partial charge in [0.25, 0.3) is 5.89 Å². The van der Waals surface area contributed by atoms with Crippen molar-refractivity contribution in [1.29, 1.82) is 0 Å². The minimum Gasteiger partial charge on any atom is -0.487 e. The number of nitrogens with zero attached hydrogens (tertiary/aromatic N) is 3. The minimum atomic E-state index is 0.390. The molecule has 6 heteroatoms. The van der Waals surface area contributed by atoms with Gasteiger partial charge in [0.1, 0.15) is 12.4 Å². The third-order valence-corrected chi connectivity index (χ3v) is 5.23. The highest BCUT2D eigenvalue weighted by molar-refractivity contribution is 6.30. The van der Waals surface area contributed by atoms with Crippen LogP contribution >= 0.6 is 11.6 Å². The number of pyridine rings is 1. The molecule has 0 amide bonds. The highest BCUT2D eigenvalue weighted by atomic mass is 35.5. The van der Waals surface area contributed by atoms with Gasteiger partial charge < -0.3 is 9.26 Å². The Labute approximate surface area is 190 Å². The van der Waals surface area contributed by atoms with Crippen molar-refractivity contribution in [2.45, 2.75) is 6.61 Å². The lowest BCUT2D eigenvalue weighted by molar-refractivity contribution is 0.302. The molecule has 2 heterocycles. The van der Waals surface area contributed by atoms with Crippen molar-refractivity contribution in [3.63, 3.8) is 0 Å². The highest BCUT2D eigenvalue weighted by Crippen LogP contribution is 2.27. The van der Waals surface area contributed by atoms with Gasteiger partial charge in [-0.3, -0.25) is 0 Å². The van der Waals surface area contributed by atoms with E-state index in [4.69, 9.17) is 20.9 Å². The fourth-order valence-electron chi connectivity index (χ4n) is 3.36. The number of aromatic nitrogens is 3. The maximum Gasteiger partial charge on any atom is 0.258 e. The van der Waals surface area contributed by atoms with Crippen molar-refractivity contribution < 1.29 is 9.26 Å². The Morgan fingerprint density at radius 2 is 1.72 bits per heavy atom. The molecule has 0 radical (unpaired) electrons. The van der Waals surface area contributed by atoms with Gasteiger partial charge in [0.2, 0.25) is 0 Å². The van der Waals surface area contributed by atoms with E-state index in [0.29, 0.717) is 17.5 Å². The molecule has 0 aliphatic heterocycles. The number of ether oxygens (including phenoxy) is 1. The molecule has 0 spiro atoms. The van der Waals surface area contributed by atoms with E-state index < -0.39 is 0 Å². The zero-order valence-electron chi connectivity index (χ0n) is 17.0. The first-order valence-corrected chi connectivity index (χ1v) is 10.4. The Hall–Kier alpha value is -3.96. The summed E-state index contributed by atoms with van der Waals surface area (Å²) in [4.78, 5) is 8.87. The van der Waals surface area contributed by atoms with Crippen LogP contribution in [0.1, 0.15) is 22.7 Å². The number of benzene rings is 3. The molecular weight excluding hydrogens is 422 g/mol. The second-order valence-electron chi connectivity index (χ2n) is 7.16. The summed E-state index contributed by atoms with van der Waals surface area (Å²) >= 11 is 6.00. The Bertz CT molecular complexity index is 1360. The quantitative estimate of drug-likeness (QED) is 0.285. The molecule has 0 fully saturated rings. The number of rotatable bonds is 6. The number of hydrogen-bond acceptors (Lipinski definition) is 5. The fourth-order valence-corrected chi connectivity index (χ4v) is 3.49. The Kier molecular flexibility index (Phi) is 5.64. The Morgan fingerprint density at radius 1 is 0.906 bits per heavy atom. The van der Waals surface area contributed by atoms with Crippen LogP contribution < -0.4 is 4.74 Å². The predicted molar refractivity (Wildman–Crippen MR) is 125 cm³/mol. The Morgan fingerprint density at radius 3 is 2.50 bits per heavy atom. The zero-order chi connectivity index (χ0) is 21.8. The van der Waals surface area contributed by atoms with Crippen LogP contribution in [0.4, 0.5) is 0 Å². The van der Waals surface area contributed by atoms with Gasteiger partial charge in [0.15, 0.2) is 6.33 Å². The number of para-hydroxylation sites is 1. The van der Waals surface area contributed by atoms with Crippen molar-refractivity contribution >= 4 is 34.2 Å². The minimum absolute atomic E-state index is 0.390. The normalized spacial score (nSPS) is 11.6. The van der Waals surface area contributed by atoms with Gasteiger partial charge in [-0.25, -0.2) is 4.98 Å². The van der Waals surface area contributed by atoms with Crippen LogP contribution in [0.3, 0.4) is 0 Å². The summed E-state index contributed by atoms with van der Waals surface area (Å²) in [5.41, 5.74) is 4.56. The molecule has 5 rings (SSSR count). The largest absolute Gasteiger partial charge is 0.487 e. The SMILES string of the molecule is Clc1ccc(/C=C(/c2ccc(OCc3ccc4ccccc4n3)cc2)c2ncno2)cc1. The molecule has 5 nitrogen and oxygen atoms in total. The summed E-state index contributed by atoms with van der Waals surface area (Å²) in [5.74, 6) is 1.19. The van der Waals surface area contributed by atoms with Crippen LogP contribution in [0.25, 0.3) is 22.6 Å². The third kappa shape index (κ3) is 4.53. The molecule has 0 atom stereocenters. The lowest BCUT2D eigenvalue weighted by atomic mass is 10.0. The summed E-state index contributed by atoms with van der Waals surface area (Å²) in [7, 11) is 0. The van der Waals surface area contributed by atoms with Crippen molar-refractivity contribution in [1.82, 2.24) is 15.1 Å². The molecule has 3 aromatic carbocycles. The predicted octanol–water partition coefficient (Wildman–Crippen LogP) is 6.44. The molecule has 0 bridgehead atoms. The fraction of sp³-hybridized carbons (Fsp3) is 0.0385. The van der Waals surface area contributed by atoms with Gasteiger partial charge in [0, 0.05) is 16.0 Å². The first-order valence-electron chi connectivity index (χ1n) is 10.1. The summed E-state index contributed by atoms with van der Waals surface area (Å²) in [5, 5.41) is 5.54. The van der Waals surface area contributed by atoms with Crippen molar-refractivity contribution in [2.75, 3.05) is 0 Å². The van der Waals surface area contributed by atoms with E-state index in [1.54, 1.807) is 0 Å². The summed E-state index contributed by atoms with van der Waals surface area (Å²) in [6.07, 6.45) is 3.37. The molecule has 0 aliphatic rings. The monoisotopic (exact) mass is 439 g/mol. The molecule has 5 aromatic rings. The molecular formula is C26H18ClN3O2. The molecule has 0 saturated carbocycles. The van der Waals surface area contributed by atoms with Gasteiger partial charge in [0.05, 0.1) is 11.2 Å². The van der Waals surface area contributed by atoms with Gasteiger partial charge in [-0.15, -0.1) is 0 Å². The van der Waals surface area contributed by atoms with Crippen LogP contribution in [0.5, 0.6) is 5.75 Å². The van der Waals surface area contributed by atoms with Gasteiger partial charge >= 0.3 is 0 Å². The van der Waals surface area contributed by atoms with Crippen molar-refractivity contribution in [2.24, 2.45) is 0 Å². The van der Waals surface area contributed by atoms with Crippen LogP contribution in [0.2, 0.25) is 5.02 Å². The van der Waals surface area contributed by atoms with Crippen LogP contribution in [0, 0.1) is 0 Å². The summed E-state index contributed by atoms with van der Waals surface area (Å²) < 4.78 is 11.3. The second-order valence-corrected chi connectivity index (χ2v) is 7.60. The van der Waals surface area contributed by atoms with Crippen LogP contribution in [0.15, 0.2) is 95.8 Å². The van der Waals surface area contributed by atoms with Crippen molar-refractivity contribution in [3.8, 4) is 5.75 Å². The van der Waals surface area contributed by atoms with Gasteiger partial charge in [-0.1, -0.05) is 65.3 Å². The highest BCUT2D eigenvalue weighted by Gasteiger charge is 2.11. The van der Waals surface area contributed by atoms with E-state index >= 15 is 0 Å². The Balaban J connectivity index is 1.36. The van der Waals surface area contributed by atoms with E-state index in [0.717, 1.165) is 39.0 Å². The maximum absolute atomic E-state index is 6.00. The number of halogens is 1. The zero-order valence-corrected chi connectivity index (χ0v) is 17.7. The molecule has 32 heavy (non-hydrogen) atoms. The summed E-state index contributed by atoms with van der Waals surface area (Å²) in [6.45, 7) is 0.390. The average Bonchev–Trinajstić information content (AvgIpc) is 3.37. The lowest BCUT2D eigenvalue weighted by Crippen LogP contribution is -1.98. The first kappa shape index (κ1) is 20.0. The van der Waals surface area contributed by atoms with E-state index in [1.165, 1.54) is 6.33 Å². The summed E-state index contributed by atoms with van der Waals surface area (Å²) in [6, 6.07) is 27.4. The molecule has 0 unspecified atom stereocenters. The molecule has 0 saturated heterocycles. The van der Waals surface area contributed by atoms with Crippen molar-refractivity contribution in [3.05, 3.63) is 119 Å². The van der Waals surface area contributed by atoms with Gasteiger partial charge in [-0.2, -0.15) is 4.98 Å². The lowest BCUT2D eigenvalue weighted by Gasteiger charge is -2.09. The maximum atomic E-state index is 6.00.